The van der Waals surface area contributed by atoms with E-state index in [4.69, 9.17) is 0 Å². The molecule has 0 aliphatic heterocycles. The molecule has 18 heavy (non-hydrogen) atoms. The summed E-state index contributed by atoms with van der Waals surface area (Å²) in [5.74, 6) is -0.667. The second-order valence-corrected chi connectivity index (χ2v) is 4.61. The minimum absolute atomic E-state index is 0.0158. The van der Waals surface area contributed by atoms with Crippen LogP contribution in [0.5, 0.6) is 0 Å². The van der Waals surface area contributed by atoms with Gasteiger partial charge in [-0.2, -0.15) is 13.2 Å². The van der Waals surface area contributed by atoms with Gasteiger partial charge < -0.3 is 5.32 Å². The Bertz CT molecular complexity index is 391. The normalized spacial score (nSPS) is 11.3. The molecule has 0 saturated carbocycles. The lowest BCUT2D eigenvalue weighted by atomic mass is 10.4. The summed E-state index contributed by atoms with van der Waals surface area (Å²) >= 11 is 1.28. The lowest BCUT2D eigenvalue weighted by Gasteiger charge is -2.08. The van der Waals surface area contributed by atoms with E-state index in [2.05, 4.69) is 0 Å². The molecule has 0 aliphatic rings. The van der Waals surface area contributed by atoms with Crippen molar-refractivity contribution in [2.75, 3.05) is 12.3 Å². The second-order valence-electron chi connectivity index (χ2n) is 3.44. The summed E-state index contributed by atoms with van der Waals surface area (Å²) in [6.07, 6.45) is -4.40. The number of alkyl halides is 3. The minimum Gasteiger partial charge on any atom is -0.347 e. The number of hydrogen-bond acceptors (Lipinski definition) is 2. The van der Waals surface area contributed by atoms with Crippen LogP contribution in [0.2, 0.25) is 0 Å². The fourth-order valence-electron chi connectivity index (χ4n) is 1.08. The van der Waals surface area contributed by atoms with Crippen molar-refractivity contribution in [3.05, 3.63) is 30.1 Å². The van der Waals surface area contributed by atoms with Crippen molar-refractivity contribution in [1.82, 2.24) is 5.32 Å². The highest BCUT2D eigenvalue weighted by molar-refractivity contribution is 7.99. The molecular formula is C11H11F4NOS. The predicted octanol–water partition coefficient (Wildman–Crippen LogP) is 2.99. The highest BCUT2D eigenvalue weighted by Crippen LogP contribution is 2.19. The van der Waals surface area contributed by atoms with Crippen molar-refractivity contribution in [2.45, 2.75) is 17.5 Å². The molecule has 1 amide bonds. The maximum atomic E-state index is 12.6. The molecule has 1 N–H and O–H groups in total. The summed E-state index contributed by atoms with van der Waals surface area (Å²) in [5.41, 5.74) is 0. The maximum absolute atomic E-state index is 12.6. The first kappa shape index (κ1) is 14.8. The summed E-state index contributed by atoms with van der Waals surface area (Å²) in [6, 6.07) is 5.67. The summed E-state index contributed by atoms with van der Waals surface area (Å²) in [4.78, 5) is 11.8. The molecule has 0 radical (unpaired) electrons. The molecule has 0 saturated heterocycles. The van der Waals surface area contributed by atoms with Gasteiger partial charge in [0, 0.05) is 17.1 Å². The van der Waals surface area contributed by atoms with Crippen LogP contribution in [-0.4, -0.2) is 24.4 Å². The smallest absolute Gasteiger partial charge is 0.347 e. The number of thioether (sulfide) groups is 1. The van der Waals surface area contributed by atoms with Gasteiger partial charge in [-0.3, -0.25) is 4.79 Å². The number of hydrogen-bond donors (Lipinski definition) is 1. The third-order valence-corrected chi connectivity index (χ3v) is 2.91. The highest BCUT2D eigenvalue weighted by atomic mass is 32.2. The molecule has 0 aliphatic carbocycles. The predicted molar refractivity (Wildman–Crippen MR) is 60.8 cm³/mol. The van der Waals surface area contributed by atoms with Crippen LogP contribution in [0.3, 0.4) is 0 Å². The standard InChI is InChI=1S/C11H11F4NOS/c12-8-1-3-9(4-2-8)18-6-5-10(17)16-7-11(13,14)15/h1-4H,5-7H2,(H,16,17). The van der Waals surface area contributed by atoms with Crippen molar-refractivity contribution in [3.63, 3.8) is 0 Å². The summed E-state index contributed by atoms with van der Waals surface area (Å²) in [6.45, 7) is -1.31. The van der Waals surface area contributed by atoms with Crippen LogP contribution in [0, 0.1) is 5.82 Å². The van der Waals surface area contributed by atoms with Gasteiger partial charge >= 0.3 is 6.18 Å². The van der Waals surface area contributed by atoms with Gasteiger partial charge in [0.05, 0.1) is 0 Å². The van der Waals surface area contributed by atoms with E-state index in [1.54, 1.807) is 17.4 Å². The van der Waals surface area contributed by atoms with Gasteiger partial charge in [-0.05, 0) is 24.3 Å². The number of amides is 1. The molecule has 0 fully saturated rings. The van der Waals surface area contributed by atoms with E-state index in [1.807, 2.05) is 0 Å². The summed E-state index contributed by atoms with van der Waals surface area (Å²) < 4.78 is 47.9. The van der Waals surface area contributed by atoms with Gasteiger partial charge in [-0.15, -0.1) is 11.8 Å². The Hall–Kier alpha value is -1.24. The first-order chi connectivity index (χ1) is 8.37. The maximum Gasteiger partial charge on any atom is 0.405 e. The number of benzene rings is 1. The van der Waals surface area contributed by atoms with E-state index in [0.29, 0.717) is 5.75 Å². The van der Waals surface area contributed by atoms with Crippen molar-refractivity contribution >= 4 is 17.7 Å². The Balaban J connectivity index is 2.21. The average molecular weight is 281 g/mol. The zero-order chi connectivity index (χ0) is 13.6. The van der Waals surface area contributed by atoms with Crippen LogP contribution in [0.4, 0.5) is 17.6 Å². The van der Waals surface area contributed by atoms with Crippen LogP contribution < -0.4 is 5.32 Å². The van der Waals surface area contributed by atoms with E-state index >= 15 is 0 Å². The zero-order valence-electron chi connectivity index (χ0n) is 9.26. The number of carbonyl (C=O) groups is 1. The molecule has 1 aromatic carbocycles. The Labute approximate surface area is 106 Å². The number of carbonyl (C=O) groups excluding carboxylic acids is 1. The van der Waals surface area contributed by atoms with Gasteiger partial charge in [0.25, 0.3) is 0 Å². The fourth-order valence-corrected chi connectivity index (χ4v) is 1.93. The molecule has 0 unspecified atom stereocenters. The third-order valence-electron chi connectivity index (χ3n) is 1.90. The van der Waals surface area contributed by atoms with Gasteiger partial charge in [-0.1, -0.05) is 0 Å². The lowest BCUT2D eigenvalue weighted by molar-refractivity contribution is -0.138. The Morgan fingerprint density at radius 3 is 2.39 bits per heavy atom. The SMILES string of the molecule is O=C(CCSc1ccc(F)cc1)NCC(F)(F)F. The number of rotatable bonds is 5. The fraction of sp³-hybridized carbons (Fsp3) is 0.364. The zero-order valence-corrected chi connectivity index (χ0v) is 10.1. The van der Waals surface area contributed by atoms with Crippen LogP contribution in [0.15, 0.2) is 29.2 Å². The molecule has 0 heterocycles. The summed E-state index contributed by atoms with van der Waals surface area (Å²) in [7, 11) is 0. The Kier molecular flexibility index (Phi) is 5.46. The van der Waals surface area contributed by atoms with Crippen molar-refractivity contribution in [2.24, 2.45) is 0 Å². The highest BCUT2D eigenvalue weighted by Gasteiger charge is 2.27. The van der Waals surface area contributed by atoms with Gasteiger partial charge in [0.2, 0.25) is 5.91 Å². The molecule has 1 rings (SSSR count). The van der Waals surface area contributed by atoms with Gasteiger partial charge in [0.1, 0.15) is 12.4 Å². The van der Waals surface area contributed by atoms with E-state index in [0.717, 1.165) is 4.90 Å². The summed E-state index contributed by atoms with van der Waals surface area (Å²) in [5, 5.41) is 1.78. The monoisotopic (exact) mass is 281 g/mol. The van der Waals surface area contributed by atoms with Crippen LogP contribution in [-0.2, 0) is 4.79 Å². The second kappa shape index (κ2) is 6.63. The molecule has 0 bridgehead atoms. The first-order valence-electron chi connectivity index (χ1n) is 5.08. The lowest BCUT2D eigenvalue weighted by Crippen LogP contribution is -2.33. The topological polar surface area (TPSA) is 29.1 Å². The van der Waals surface area contributed by atoms with E-state index in [1.165, 1.54) is 23.9 Å². The van der Waals surface area contributed by atoms with E-state index < -0.39 is 18.6 Å². The van der Waals surface area contributed by atoms with Gasteiger partial charge in [0.15, 0.2) is 0 Å². The quantitative estimate of drug-likeness (QED) is 0.664. The van der Waals surface area contributed by atoms with Crippen molar-refractivity contribution in [3.8, 4) is 0 Å². The number of halogens is 4. The van der Waals surface area contributed by atoms with E-state index in [9.17, 15) is 22.4 Å². The molecule has 0 aromatic heterocycles. The van der Waals surface area contributed by atoms with Crippen LogP contribution in [0.1, 0.15) is 6.42 Å². The molecule has 7 heteroatoms. The third kappa shape index (κ3) is 6.48. The van der Waals surface area contributed by atoms with Crippen LogP contribution >= 0.6 is 11.8 Å². The van der Waals surface area contributed by atoms with Crippen molar-refractivity contribution in [1.29, 1.82) is 0 Å². The molecule has 100 valence electrons. The Morgan fingerprint density at radius 2 is 1.83 bits per heavy atom. The Morgan fingerprint density at radius 1 is 1.22 bits per heavy atom. The molecule has 0 spiro atoms. The van der Waals surface area contributed by atoms with E-state index in [-0.39, 0.29) is 12.2 Å². The molecule has 1 aromatic rings. The van der Waals surface area contributed by atoms with Gasteiger partial charge in [-0.25, -0.2) is 4.39 Å². The average Bonchev–Trinajstić information content (AvgIpc) is 2.28. The minimum atomic E-state index is -4.39. The molecule has 0 atom stereocenters. The largest absolute Gasteiger partial charge is 0.405 e. The van der Waals surface area contributed by atoms with Crippen LogP contribution in [0.25, 0.3) is 0 Å². The number of nitrogens with one attached hydrogen (secondary N) is 1. The first-order valence-corrected chi connectivity index (χ1v) is 6.07. The molecular weight excluding hydrogens is 270 g/mol. The van der Waals surface area contributed by atoms with Crippen molar-refractivity contribution < 1.29 is 22.4 Å². The molecule has 2 nitrogen and oxygen atoms in total.